The maximum atomic E-state index is 13.9. The largest absolute Gasteiger partial charge is 0.481 e. The van der Waals surface area contributed by atoms with E-state index in [0.717, 1.165) is 45.3 Å². The molecule has 6 rings (SSSR count). The number of H-pyrrole nitrogens is 2. The van der Waals surface area contributed by atoms with Crippen LogP contribution >= 0.6 is 0 Å². The van der Waals surface area contributed by atoms with Gasteiger partial charge in [0, 0.05) is 34.8 Å². The van der Waals surface area contributed by atoms with Crippen molar-refractivity contribution in [2.45, 2.75) is 45.4 Å². The molecule has 1 unspecified atom stereocenters. The molecule has 2 saturated carbocycles. The van der Waals surface area contributed by atoms with Crippen LogP contribution in [0.25, 0.3) is 22.4 Å². The van der Waals surface area contributed by atoms with Gasteiger partial charge < -0.3 is 15.0 Å². The minimum Gasteiger partial charge on any atom is -0.481 e. The second-order valence-electron chi connectivity index (χ2n) is 10.4. The van der Waals surface area contributed by atoms with Gasteiger partial charge in [0.1, 0.15) is 5.82 Å². The lowest BCUT2D eigenvalue weighted by Crippen LogP contribution is -2.31. The summed E-state index contributed by atoms with van der Waals surface area (Å²) in [5, 5.41) is 10.5. The van der Waals surface area contributed by atoms with E-state index in [0.29, 0.717) is 23.6 Å². The smallest absolute Gasteiger partial charge is 0.235 e. The van der Waals surface area contributed by atoms with Crippen molar-refractivity contribution in [2.75, 3.05) is 12.4 Å². The molecule has 2 fully saturated rings. The average Bonchev–Trinajstić information content (AvgIpc) is 3.85. The number of carbonyl (C=O) groups excluding carboxylic acids is 1. The van der Waals surface area contributed by atoms with Gasteiger partial charge in [-0.25, -0.2) is 9.97 Å². The van der Waals surface area contributed by atoms with Crippen LogP contribution in [0.3, 0.4) is 0 Å². The van der Waals surface area contributed by atoms with Crippen molar-refractivity contribution < 1.29 is 9.53 Å². The fourth-order valence-electron chi connectivity index (χ4n) is 5.62. The Balaban J connectivity index is 1.28. The second kappa shape index (κ2) is 9.50. The molecule has 37 heavy (non-hydrogen) atoms. The zero-order valence-electron chi connectivity index (χ0n) is 21.4. The first kappa shape index (κ1) is 23.5. The highest BCUT2D eigenvalue weighted by Crippen LogP contribution is 2.54. The Morgan fingerprint density at radius 2 is 1.76 bits per heavy atom. The predicted molar refractivity (Wildman–Crippen MR) is 142 cm³/mol. The fraction of sp³-hybridized carbons (Fsp3) is 0.379. The molecular formula is C29H32N6O2. The van der Waals surface area contributed by atoms with Gasteiger partial charge in [-0.05, 0) is 81.0 Å². The van der Waals surface area contributed by atoms with Crippen LogP contribution in [-0.4, -0.2) is 38.2 Å². The molecule has 8 heteroatoms. The maximum absolute atomic E-state index is 13.9. The van der Waals surface area contributed by atoms with E-state index >= 15 is 0 Å². The number of hydrogen-bond acceptors (Lipinski definition) is 5. The summed E-state index contributed by atoms with van der Waals surface area (Å²) in [5.41, 5.74) is 6.75. The Kier molecular flexibility index (Phi) is 6.02. The summed E-state index contributed by atoms with van der Waals surface area (Å²) in [7, 11) is 1.60. The molecule has 2 aliphatic carbocycles. The first-order valence-corrected chi connectivity index (χ1v) is 13.0. The van der Waals surface area contributed by atoms with E-state index < -0.39 is 0 Å². The molecule has 190 valence electrons. The lowest BCUT2D eigenvalue weighted by atomic mass is 9.82. The number of imidazole rings is 1. The van der Waals surface area contributed by atoms with Crippen LogP contribution in [0.4, 0.5) is 5.69 Å². The van der Waals surface area contributed by atoms with Gasteiger partial charge in [-0.1, -0.05) is 12.1 Å². The summed E-state index contributed by atoms with van der Waals surface area (Å²) in [6.07, 6.45) is 8.30. The topological polar surface area (TPSA) is 109 Å². The zero-order chi connectivity index (χ0) is 25.5. The number of ether oxygens (including phenoxy) is 1. The molecule has 1 atom stereocenters. The minimum absolute atomic E-state index is 0.000399. The summed E-state index contributed by atoms with van der Waals surface area (Å²) in [6.45, 7) is 4.01. The van der Waals surface area contributed by atoms with E-state index in [4.69, 9.17) is 9.72 Å². The predicted octanol–water partition coefficient (Wildman–Crippen LogP) is 5.65. The van der Waals surface area contributed by atoms with Gasteiger partial charge in [-0.2, -0.15) is 5.10 Å². The number of nitrogens with one attached hydrogen (secondary N) is 3. The molecule has 3 aromatic heterocycles. The standard InChI is InChI=1S/C29H32N6O2/c1-16-25(17(2)35-34-16)18-8-10-22(11-9-18)32-29(36)27(26(19-4-5-19)20-6-7-20)28-31-15-23(33-28)21-12-13-30-24(14-21)37-3/h8-15,19-20,26-27H,4-7H2,1-3H3,(H,31,33)(H,32,36)(H,34,35). The van der Waals surface area contributed by atoms with Crippen molar-refractivity contribution >= 4 is 11.6 Å². The first-order chi connectivity index (χ1) is 18.0. The van der Waals surface area contributed by atoms with Crippen molar-refractivity contribution in [1.82, 2.24) is 25.1 Å². The number of methoxy groups -OCH3 is 1. The summed E-state index contributed by atoms with van der Waals surface area (Å²) >= 11 is 0. The molecular weight excluding hydrogens is 464 g/mol. The monoisotopic (exact) mass is 496 g/mol. The molecule has 0 spiro atoms. The van der Waals surface area contributed by atoms with Crippen molar-refractivity contribution in [3.05, 3.63) is 66.0 Å². The molecule has 1 amide bonds. The quantitative estimate of drug-likeness (QED) is 0.278. The average molecular weight is 497 g/mol. The lowest BCUT2D eigenvalue weighted by molar-refractivity contribution is -0.119. The number of carbonyl (C=O) groups is 1. The van der Waals surface area contributed by atoms with Crippen molar-refractivity contribution in [1.29, 1.82) is 0 Å². The molecule has 1 aromatic carbocycles. The molecule has 0 aliphatic heterocycles. The SMILES string of the molecule is COc1cc(-c2cnc(C(C(=O)Nc3ccc(-c4c(C)n[nH]c4C)cc3)C(C3CC3)C3CC3)[nH]2)ccn1. The van der Waals surface area contributed by atoms with Gasteiger partial charge in [0.15, 0.2) is 0 Å². The Bertz CT molecular complexity index is 1380. The summed E-state index contributed by atoms with van der Waals surface area (Å²) in [6, 6.07) is 11.8. The highest BCUT2D eigenvalue weighted by atomic mass is 16.5. The second-order valence-corrected chi connectivity index (χ2v) is 10.4. The van der Waals surface area contributed by atoms with Gasteiger partial charge in [0.25, 0.3) is 0 Å². The first-order valence-electron chi connectivity index (χ1n) is 13.0. The Hall–Kier alpha value is -3.94. The van der Waals surface area contributed by atoms with Gasteiger partial charge in [0.2, 0.25) is 11.8 Å². The Morgan fingerprint density at radius 3 is 2.38 bits per heavy atom. The summed E-state index contributed by atoms with van der Waals surface area (Å²) in [4.78, 5) is 26.3. The maximum Gasteiger partial charge on any atom is 0.235 e. The molecule has 3 N–H and O–H groups in total. The summed E-state index contributed by atoms with van der Waals surface area (Å²) in [5.74, 6) is 2.44. The normalized spacial score (nSPS) is 16.1. The molecule has 0 bridgehead atoms. The van der Waals surface area contributed by atoms with Crippen LogP contribution < -0.4 is 10.1 Å². The van der Waals surface area contributed by atoms with E-state index in [2.05, 4.69) is 25.5 Å². The Morgan fingerprint density at radius 1 is 1.03 bits per heavy atom. The molecule has 2 aliphatic rings. The van der Waals surface area contributed by atoms with E-state index in [1.165, 1.54) is 25.7 Å². The molecule has 4 aromatic rings. The lowest BCUT2D eigenvalue weighted by Gasteiger charge is -2.25. The number of aromatic amines is 2. The van der Waals surface area contributed by atoms with Crippen LogP contribution in [0.5, 0.6) is 5.88 Å². The third-order valence-electron chi connectivity index (χ3n) is 7.71. The number of aryl methyl sites for hydroxylation is 2. The highest BCUT2D eigenvalue weighted by molar-refractivity contribution is 5.96. The van der Waals surface area contributed by atoms with Crippen LogP contribution in [0.2, 0.25) is 0 Å². The van der Waals surface area contributed by atoms with E-state index in [1.807, 2.05) is 56.4 Å². The van der Waals surface area contributed by atoms with E-state index in [-0.39, 0.29) is 11.8 Å². The molecule has 3 heterocycles. The van der Waals surface area contributed by atoms with Gasteiger partial charge in [0.05, 0.1) is 30.6 Å². The van der Waals surface area contributed by atoms with E-state index in [1.54, 1.807) is 13.3 Å². The number of hydrogen-bond donors (Lipinski definition) is 3. The van der Waals surface area contributed by atoms with Gasteiger partial charge >= 0.3 is 0 Å². The van der Waals surface area contributed by atoms with Crippen LogP contribution in [-0.2, 0) is 4.79 Å². The van der Waals surface area contributed by atoms with Crippen LogP contribution in [0, 0.1) is 31.6 Å². The van der Waals surface area contributed by atoms with Gasteiger partial charge in [-0.15, -0.1) is 0 Å². The number of rotatable bonds is 9. The van der Waals surface area contributed by atoms with Crippen molar-refractivity contribution in [3.63, 3.8) is 0 Å². The fourth-order valence-corrected chi connectivity index (χ4v) is 5.62. The zero-order valence-corrected chi connectivity index (χ0v) is 21.4. The number of amides is 1. The summed E-state index contributed by atoms with van der Waals surface area (Å²) < 4.78 is 5.28. The molecule has 8 nitrogen and oxygen atoms in total. The van der Waals surface area contributed by atoms with Crippen LogP contribution in [0.15, 0.2) is 48.8 Å². The highest BCUT2D eigenvalue weighted by Gasteiger charge is 2.49. The van der Waals surface area contributed by atoms with Crippen molar-refractivity contribution in [3.8, 4) is 28.3 Å². The number of anilines is 1. The minimum atomic E-state index is -0.324. The third kappa shape index (κ3) is 4.75. The number of nitrogens with zero attached hydrogens (tertiary/aromatic N) is 3. The molecule has 0 radical (unpaired) electrons. The number of aromatic nitrogens is 5. The van der Waals surface area contributed by atoms with Gasteiger partial charge in [-0.3, -0.25) is 9.89 Å². The van der Waals surface area contributed by atoms with Crippen molar-refractivity contribution in [2.24, 2.45) is 17.8 Å². The van der Waals surface area contributed by atoms with Crippen LogP contribution in [0.1, 0.15) is 48.8 Å². The van der Waals surface area contributed by atoms with E-state index in [9.17, 15) is 4.79 Å². The third-order valence-corrected chi connectivity index (χ3v) is 7.71. The molecule has 0 saturated heterocycles. The number of benzene rings is 1. The Labute approximate surface area is 216 Å². The number of pyridine rings is 1.